The smallest absolute Gasteiger partial charge is 0.0991 e. The van der Waals surface area contributed by atoms with Crippen molar-refractivity contribution in [1.82, 2.24) is 5.32 Å². The van der Waals surface area contributed by atoms with E-state index in [1.54, 1.807) is 0 Å². The molecule has 0 heterocycles. The van der Waals surface area contributed by atoms with Gasteiger partial charge in [0.05, 0.1) is 11.6 Å². The molecule has 0 spiro atoms. The van der Waals surface area contributed by atoms with Gasteiger partial charge in [0.15, 0.2) is 0 Å². The van der Waals surface area contributed by atoms with Gasteiger partial charge in [-0.25, -0.2) is 0 Å². The van der Waals surface area contributed by atoms with E-state index in [4.69, 9.17) is 5.26 Å². The Bertz CT molecular complexity index is 408. The van der Waals surface area contributed by atoms with E-state index in [9.17, 15) is 0 Å². The van der Waals surface area contributed by atoms with Gasteiger partial charge in [-0.1, -0.05) is 38.3 Å². The first-order chi connectivity index (χ1) is 8.72. The van der Waals surface area contributed by atoms with Gasteiger partial charge in [0.2, 0.25) is 0 Å². The van der Waals surface area contributed by atoms with Crippen molar-refractivity contribution in [1.29, 1.82) is 5.26 Å². The fourth-order valence-electron chi connectivity index (χ4n) is 2.79. The van der Waals surface area contributed by atoms with Gasteiger partial charge in [-0.15, -0.1) is 0 Å². The largest absolute Gasteiger partial charge is 0.312 e. The highest BCUT2D eigenvalue weighted by Gasteiger charge is 2.25. The molecule has 0 aromatic heterocycles. The Balaban J connectivity index is 1.79. The van der Waals surface area contributed by atoms with E-state index in [-0.39, 0.29) is 0 Å². The zero-order valence-electron chi connectivity index (χ0n) is 11.2. The van der Waals surface area contributed by atoms with Gasteiger partial charge in [-0.2, -0.15) is 5.26 Å². The lowest BCUT2D eigenvalue weighted by molar-refractivity contribution is 0.207. The Kier molecular flexibility index (Phi) is 4.38. The molecule has 2 nitrogen and oxygen atoms in total. The van der Waals surface area contributed by atoms with Crippen molar-refractivity contribution in [3.8, 4) is 6.07 Å². The van der Waals surface area contributed by atoms with Gasteiger partial charge in [-0.05, 0) is 36.0 Å². The minimum Gasteiger partial charge on any atom is -0.312 e. The van der Waals surface area contributed by atoms with Crippen LogP contribution < -0.4 is 5.32 Å². The summed E-state index contributed by atoms with van der Waals surface area (Å²) in [6.07, 6.45) is 6.88. The van der Waals surface area contributed by atoms with E-state index in [0.717, 1.165) is 18.7 Å². The number of nitrogens with one attached hydrogen (secondary N) is 1. The average Bonchev–Trinajstić information content (AvgIpc) is 2.40. The van der Waals surface area contributed by atoms with Crippen molar-refractivity contribution >= 4 is 0 Å². The van der Waals surface area contributed by atoms with E-state index in [1.807, 2.05) is 24.3 Å². The molecule has 18 heavy (non-hydrogen) atoms. The van der Waals surface area contributed by atoms with Crippen LogP contribution in [0.4, 0.5) is 0 Å². The predicted octanol–water partition coefficient (Wildman–Crippen LogP) is 3.62. The van der Waals surface area contributed by atoms with Gasteiger partial charge >= 0.3 is 0 Å². The molecule has 1 fully saturated rings. The lowest BCUT2D eigenvalue weighted by atomic mass is 9.76. The van der Waals surface area contributed by atoms with Crippen molar-refractivity contribution in [2.75, 3.05) is 6.54 Å². The second kappa shape index (κ2) is 6.02. The van der Waals surface area contributed by atoms with Crippen LogP contribution in [0.5, 0.6) is 0 Å². The normalized spacial score (nSPS) is 18.2. The zero-order valence-corrected chi connectivity index (χ0v) is 11.2. The Labute approximate surface area is 110 Å². The molecule has 1 saturated carbocycles. The summed E-state index contributed by atoms with van der Waals surface area (Å²) in [5.74, 6) is 0. The summed E-state index contributed by atoms with van der Waals surface area (Å²) in [6.45, 7) is 4.41. The van der Waals surface area contributed by atoms with E-state index in [2.05, 4.69) is 18.3 Å². The monoisotopic (exact) mass is 242 g/mol. The summed E-state index contributed by atoms with van der Waals surface area (Å²) in [5.41, 5.74) is 2.48. The van der Waals surface area contributed by atoms with Crippen molar-refractivity contribution < 1.29 is 0 Å². The molecule has 0 radical (unpaired) electrons. The lowest BCUT2D eigenvalue weighted by Crippen LogP contribution is -2.33. The number of benzene rings is 1. The fraction of sp³-hybridized carbons (Fsp3) is 0.562. The average molecular weight is 242 g/mol. The van der Waals surface area contributed by atoms with Crippen LogP contribution >= 0.6 is 0 Å². The number of nitriles is 1. The molecule has 2 heteroatoms. The highest BCUT2D eigenvalue weighted by Crippen LogP contribution is 2.34. The molecule has 0 saturated heterocycles. The van der Waals surface area contributed by atoms with E-state index in [0.29, 0.717) is 5.41 Å². The first-order valence-corrected chi connectivity index (χ1v) is 6.92. The van der Waals surface area contributed by atoms with Crippen molar-refractivity contribution in [3.63, 3.8) is 0 Å². The molecule has 1 aromatic carbocycles. The first-order valence-electron chi connectivity index (χ1n) is 6.92. The molecule has 0 aliphatic heterocycles. The first kappa shape index (κ1) is 13.1. The van der Waals surface area contributed by atoms with Gasteiger partial charge in [-0.3, -0.25) is 0 Å². The standard InChI is InChI=1S/C16H22N2/c1-16(9-3-2-4-10-16)13-18-12-15-7-5-14(11-17)6-8-15/h5-8,18H,2-4,9-10,12-13H2,1H3. The van der Waals surface area contributed by atoms with Gasteiger partial charge < -0.3 is 5.32 Å². The molecule has 0 bridgehead atoms. The molecule has 1 N–H and O–H groups in total. The highest BCUT2D eigenvalue weighted by molar-refractivity contribution is 5.31. The summed E-state index contributed by atoms with van der Waals surface area (Å²) < 4.78 is 0. The van der Waals surface area contributed by atoms with E-state index < -0.39 is 0 Å². The van der Waals surface area contributed by atoms with E-state index in [1.165, 1.54) is 37.7 Å². The summed E-state index contributed by atoms with van der Waals surface area (Å²) in [4.78, 5) is 0. The second-order valence-electron chi connectivity index (χ2n) is 5.78. The summed E-state index contributed by atoms with van der Waals surface area (Å²) >= 11 is 0. The topological polar surface area (TPSA) is 35.8 Å². The number of hydrogen-bond donors (Lipinski definition) is 1. The SMILES string of the molecule is CC1(CNCc2ccc(C#N)cc2)CCCCC1. The van der Waals surface area contributed by atoms with Crippen molar-refractivity contribution in [3.05, 3.63) is 35.4 Å². The minimum atomic E-state index is 0.491. The molecule has 1 aromatic rings. The summed E-state index contributed by atoms with van der Waals surface area (Å²) in [7, 11) is 0. The molecule has 1 aliphatic carbocycles. The maximum absolute atomic E-state index is 8.74. The minimum absolute atomic E-state index is 0.491. The third-order valence-corrected chi connectivity index (χ3v) is 4.02. The maximum atomic E-state index is 8.74. The van der Waals surface area contributed by atoms with Crippen LogP contribution in [0.2, 0.25) is 0 Å². The summed E-state index contributed by atoms with van der Waals surface area (Å²) in [5, 5.41) is 12.3. The number of hydrogen-bond acceptors (Lipinski definition) is 2. The Hall–Kier alpha value is -1.33. The van der Waals surface area contributed by atoms with Crippen LogP contribution in [0.25, 0.3) is 0 Å². The van der Waals surface area contributed by atoms with Gasteiger partial charge in [0, 0.05) is 13.1 Å². The molecular formula is C16H22N2. The van der Waals surface area contributed by atoms with Gasteiger partial charge in [0.25, 0.3) is 0 Å². The zero-order chi connectivity index (χ0) is 12.8. The Morgan fingerprint density at radius 1 is 1.17 bits per heavy atom. The van der Waals surface area contributed by atoms with Crippen molar-refractivity contribution in [2.45, 2.75) is 45.6 Å². The quantitative estimate of drug-likeness (QED) is 0.875. The Morgan fingerprint density at radius 2 is 1.83 bits per heavy atom. The lowest BCUT2D eigenvalue weighted by Gasteiger charge is -2.33. The van der Waals surface area contributed by atoms with Gasteiger partial charge in [0.1, 0.15) is 0 Å². The number of rotatable bonds is 4. The molecule has 2 rings (SSSR count). The van der Waals surface area contributed by atoms with Crippen LogP contribution in [0, 0.1) is 16.7 Å². The molecule has 0 unspecified atom stereocenters. The van der Waals surface area contributed by atoms with Crippen LogP contribution in [0.3, 0.4) is 0 Å². The molecule has 0 atom stereocenters. The Morgan fingerprint density at radius 3 is 2.44 bits per heavy atom. The van der Waals surface area contributed by atoms with E-state index >= 15 is 0 Å². The van der Waals surface area contributed by atoms with Crippen LogP contribution in [0.15, 0.2) is 24.3 Å². The van der Waals surface area contributed by atoms with Crippen LogP contribution in [-0.2, 0) is 6.54 Å². The molecule has 0 amide bonds. The van der Waals surface area contributed by atoms with Crippen molar-refractivity contribution in [2.24, 2.45) is 5.41 Å². The summed E-state index contributed by atoms with van der Waals surface area (Å²) in [6, 6.07) is 10.00. The molecule has 96 valence electrons. The fourth-order valence-corrected chi connectivity index (χ4v) is 2.79. The second-order valence-corrected chi connectivity index (χ2v) is 5.78. The van der Waals surface area contributed by atoms with Crippen LogP contribution in [0.1, 0.15) is 50.2 Å². The molecular weight excluding hydrogens is 220 g/mol. The molecule has 1 aliphatic rings. The number of nitrogens with zero attached hydrogens (tertiary/aromatic N) is 1. The maximum Gasteiger partial charge on any atom is 0.0991 e. The van der Waals surface area contributed by atoms with Crippen LogP contribution in [-0.4, -0.2) is 6.54 Å². The third kappa shape index (κ3) is 3.58. The highest BCUT2D eigenvalue weighted by atomic mass is 14.9. The predicted molar refractivity (Wildman–Crippen MR) is 74.1 cm³/mol. The third-order valence-electron chi connectivity index (χ3n) is 4.02.